The molecule has 1 saturated carbocycles. The smallest absolute Gasteiger partial charge is 0.254 e. The number of rotatable bonds is 4. The number of hydrogen-bond acceptors (Lipinski definition) is 3. The Morgan fingerprint density at radius 2 is 1.93 bits per heavy atom. The monoisotopic (exact) mass is 383 g/mol. The first-order chi connectivity index (χ1) is 13.4. The van der Waals surface area contributed by atoms with E-state index in [1.807, 2.05) is 28.9 Å². The molecule has 2 heterocycles. The number of piperidine rings is 1. The van der Waals surface area contributed by atoms with Crippen molar-refractivity contribution in [2.24, 2.45) is 5.92 Å². The van der Waals surface area contributed by atoms with Crippen LogP contribution in [0.2, 0.25) is 0 Å². The van der Waals surface area contributed by atoms with E-state index in [1.54, 1.807) is 6.07 Å². The van der Waals surface area contributed by atoms with E-state index in [-0.39, 0.29) is 29.7 Å². The van der Waals surface area contributed by atoms with E-state index in [0.717, 1.165) is 37.8 Å². The molecule has 2 unspecified atom stereocenters. The van der Waals surface area contributed by atoms with Crippen LogP contribution in [0, 0.1) is 12.8 Å². The summed E-state index contributed by atoms with van der Waals surface area (Å²) in [6, 6.07) is 6.09. The zero-order valence-electron chi connectivity index (χ0n) is 16.7. The lowest BCUT2D eigenvalue weighted by molar-refractivity contribution is -0.128. The van der Waals surface area contributed by atoms with Crippen LogP contribution in [0.25, 0.3) is 0 Å². The van der Waals surface area contributed by atoms with Crippen molar-refractivity contribution in [1.82, 2.24) is 9.80 Å². The predicted octanol–water partition coefficient (Wildman–Crippen LogP) is 2.96. The van der Waals surface area contributed by atoms with Gasteiger partial charge >= 0.3 is 0 Å². The lowest BCUT2D eigenvalue weighted by Crippen LogP contribution is -2.42. The van der Waals surface area contributed by atoms with Crippen molar-refractivity contribution in [2.45, 2.75) is 64.5 Å². The van der Waals surface area contributed by atoms with Gasteiger partial charge in [0.25, 0.3) is 5.91 Å². The van der Waals surface area contributed by atoms with Gasteiger partial charge in [0.1, 0.15) is 0 Å². The Balaban J connectivity index is 1.41. The van der Waals surface area contributed by atoms with E-state index in [1.165, 1.54) is 6.42 Å². The van der Waals surface area contributed by atoms with Crippen LogP contribution in [0.15, 0.2) is 18.2 Å². The van der Waals surface area contributed by atoms with Gasteiger partial charge in [-0.3, -0.25) is 14.4 Å². The Morgan fingerprint density at radius 1 is 1.14 bits per heavy atom. The molecule has 1 N–H and O–H groups in total. The summed E-state index contributed by atoms with van der Waals surface area (Å²) in [6.45, 7) is 5.34. The average molecular weight is 383 g/mol. The molecule has 3 amide bonds. The van der Waals surface area contributed by atoms with Crippen molar-refractivity contribution >= 4 is 23.4 Å². The van der Waals surface area contributed by atoms with Crippen LogP contribution in [0.5, 0.6) is 0 Å². The Morgan fingerprint density at radius 3 is 2.61 bits per heavy atom. The molecule has 1 aromatic rings. The minimum absolute atomic E-state index is 0.0645. The highest BCUT2D eigenvalue weighted by atomic mass is 16.2. The summed E-state index contributed by atoms with van der Waals surface area (Å²) >= 11 is 0. The summed E-state index contributed by atoms with van der Waals surface area (Å²) in [6.07, 6.45) is 5.70. The quantitative estimate of drug-likeness (QED) is 0.869. The van der Waals surface area contributed by atoms with Gasteiger partial charge in [-0.1, -0.05) is 0 Å². The molecule has 2 aliphatic heterocycles. The van der Waals surface area contributed by atoms with E-state index in [0.29, 0.717) is 30.3 Å². The van der Waals surface area contributed by atoms with Crippen LogP contribution in [0.1, 0.15) is 61.4 Å². The first-order valence-corrected chi connectivity index (χ1v) is 10.5. The fraction of sp³-hybridized carbons (Fsp3) is 0.591. The van der Waals surface area contributed by atoms with E-state index < -0.39 is 0 Å². The van der Waals surface area contributed by atoms with Crippen LogP contribution in [-0.2, 0) is 9.59 Å². The van der Waals surface area contributed by atoms with Crippen LogP contribution in [0.4, 0.5) is 5.69 Å². The minimum Gasteiger partial charge on any atom is -0.339 e. The molecule has 0 bridgehead atoms. The second kappa shape index (κ2) is 7.57. The number of nitrogens with zero attached hydrogens (tertiary/aromatic N) is 2. The van der Waals surface area contributed by atoms with Crippen molar-refractivity contribution in [2.75, 3.05) is 18.4 Å². The molecular formula is C22H29N3O3. The number of amides is 3. The van der Waals surface area contributed by atoms with Crippen molar-refractivity contribution in [1.29, 1.82) is 0 Å². The summed E-state index contributed by atoms with van der Waals surface area (Å²) in [5.74, 6) is -0.239. The number of carbonyl (C=O) groups is 3. The Kier molecular flexibility index (Phi) is 5.13. The normalized spacial score (nSPS) is 25.1. The number of hydrogen-bond donors (Lipinski definition) is 1. The van der Waals surface area contributed by atoms with Crippen molar-refractivity contribution in [3.05, 3.63) is 29.3 Å². The van der Waals surface area contributed by atoms with Gasteiger partial charge in [0.15, 0.2) is 0 Å². The molecule has 1 aromatic carbocycles. The highest BCUT2D eigenvalue weighted by molar-refractivity contribution is 5.99. The van der Waals surface area contributed by atoms with Gasteiger partial charge in [0.05, 0.1) is 5.92 Å². The van der Waals surface area contributed by atoms with E-state index in [4.69, 9.17) is 0 Å². The summed E-state index contributed by atoms with van der Waals surface area (Å²) in [5, 5.41) is 2.96. The number of likely N-dealkylation sites (tertiary alicyclic amines) is 2. The molecule has 2 atom stereocenters. The third-order valence-corrected chi connectivity index (χ3v) is 6.31. The maximum absolute atomic E-state index is 12.8. The maximum Gasteiger partial charge on any atom is 0.254 e. The van der Waals surface area contributed by atoms with Gasteiger partial charge in [-0.05, 0) is 69.7 Å². The number of carbonyl (C=O) groups excluding carboxylic acids is 3. The topological polar surface area (TPSA) is 69.7 Å². The molecule has 6 heteroatoms. The lowest BCUT2D eigenvalue weighted by Gasteiger charge is -2.33. The fourth-order valence-electron chi connectivity index (χ4n) is 4.38. The minimum atomic E-state index is -0.289. The van der Waals surface area contributed by atoms with Gasteiger partial charge in [0.2, 0.25) is 11.8 Å². The molecule has 4 rings (SSSR count). The summed E-state index contributed by atoms with van der Waals surface area (Å²) in [4.78, 5) is 41.4. The number of nitrogens with one attached hydrogen (secondary N) is 1. The van der Waals surface area contributed by atoms with Crippen molar-refractivity contribution in [3.8, 4) is 0 Å². The fourth-order valence-corrected chi connectivity index (χ4v) is 4.38. The largest absolute Gasteiger partial charge is 0.339 e. The van der Waals surface area contributed by atoms with Crippen molar-refractivity contribution < 1.29 is 14.4 Å². The summed E-state index contributed by atoms with van der Waals surface area (Å²) < 4.78 is 0. The van der Waals surface area contributed by atoms with Crippen molar-refractivity contribution in [3.63, 3.8) is 0 Å². The lowest BCUT2D eigenvalue weighted by atomic mass is 10.0. The zero-order valence-corrected chi connectivity index (χ0v) is 16.7. The second-order valence-corrected chi connectivity index (χ2v) is 8.54. The van der Waals surface area contributed by atoms with E-state index >= 15 is 0 Å². The SMILES string of the molecule is Cc1cc(C(=O)N2CCCCC2C)ccc1NC(=O)C1CC(=O)N(C2CC2)C1. The Hall–Kier alpha value is -2.37. The molecule has 2 saturated heterocycles. The van der Waals surface area contributed by atoms with E-state index in [9.17, 15) is 14.4 Å². The van der Waals surface area contributed by atoms with Crippen LogP contribution in [0.3, 0.4) is 0 Å². The standard InChI is InChI=1S/C22H29N3O3/c1-14-11-16(22(28)24-10-4-3-5-15(24)2)6-9-19(14)23-21(27)17-12-20(26)25(13-17)18-7-8-18/h6,9,11,15,17-18H,3-5,7-8,10,12-13H2,1-2H3,(H,23,27). The predicted molar refractivity (Wildman–Crippen MR) is 107 cm³/mol. The number of anilines is 1. The Bertz CT molecular complexity index is 802. The highest BCUT2D eigenvalue weighted by Crippen LogP contribution is 2.33. The molecule has 6 nitrogen and oxygen atoms in total. The molecule has 3 fully saturated rings. The second-order valence-electron chi connectivity index (χ2n) is 8.54. The molecule has 0 aromatic heterocycles. The zero-order chi connectivity index (χ0) is 19.8. The van der Waals surface area contributed by atoms with Gasteiger partial charge < -0.3 is 15.1 Å². The maximum atomic E-state index is 12.8. The van der Waals surface area contributed by atoms with E-state index in [2.05, 4.69) is 12.2 Å². The molecule has 28 heavy (non-hydrogen) atoms. The number of benzene rings is 1. The third kappa shape index (κ3) is 3.77. The molecule has 3 aliphatic rings. The molecule has 0 spiro atoms. The van der Waals surface area contributed by atoms with Gasteiger partial charge in [-0.2, -0.15) is 0 Å². The molecule has 150 valence electrons. The summed E-state index contributed by atoms with van der Waals surface area (Å²) in [7, 11) is 0. The highest BCUT2D eigenvalue weighted by Gasteiger charge is 2.41. The third-order valence-electron chi connectivity index (χ3n) is 6.31. The molecule has 0 radical (unpaired) electrons. The van der Waals surface area contributed by atoms with Gasteiger partial charge in [0, 0.05) is 42.8 Å². The molecular weight excluding hydrogens is 354 g/mol. The van der Waals surface area contributed by atoms with Crippen LogP contribution < -0.4 is 5.32 Å². The number of aryl methyl sites for hydroxylation is 1. The van der Waals surface area contributed by atoms with Crippen LogP contribution >= 0.6 is 0 Å². The van der Waals surface area contributed by atoms with Gasteiger partial charge in [-0.15, -0.1) is 0 Å². The first-order valence-electron chi connectivity index (χ1n) is 10.5. The van der Waals surface area contributed by atoms with Crippen LogP contribution in [-0.4, -0.2) is 52.7 Å². The van der Waals surface area contributed by atoms with Gasteiger partial charge in [-0.25, -0.2) is 0 Å². The average Bonchev–Trinajstić information content (AvgIpc) is 3.44. The summed E-state index contributed by atoms with van der Waals surface area (Å²) in [5.41, 5.74) is 2.25. The Labute approximate surface area is 166 Å². The molecule has 1 aliphatic carbocycles. The first kappa shape index (κ1) is 19.0.